The second kappa shape index (κ2) is 8.48. The maximum Gasteiger partial charge on any atom is 0.295 e. The largest absolute Gasteiger partial charge is 0.507 e. The number of ether oxygens (including phenoxy) is 1. The standard InChI is InChI=1S/C21H23FN2O5/c1-23(2)9-5-10-24-18(16-6-4-11-29-16)17(20(26)21(24)27)19(25)14-12-13(22)7-8-15(14)28-3/h4,6-8,11-12,18,25H,5,9-10H2,1-3H3/t18-/m1/s1. The fourth-order valence-electron chi connectivity index (χ4n) is 3.42. The third kappa shape index (κ3) is 4.02. The number of Topliss-reactive ketones (excluding diaryl/α,β-unsaturated/α-hetero) is 1. The number of carbonyl (C=O) groups excluding carboxylic acids is 2. The van der Waals surface area contributed by atoms with Gasteiger partial charge in [-0.15, -0.1) is 0 Å². The van der Waals surface area contributed by atoms with Crippen molar-refractivity contribution < 1.29 is 28.2 Å². The first kappa shape index (κ1) is 20.6. The summed E-state index contributed by atoms with van der Waals surface area (Å²) in [6.45, 7) is 1.01. The molecule has 0 saturated carbocycles. The zero-order chi connectivity index (χ0) is 21.1. The molecule has 1 aliphatic heterocycles. The molecule has 154 valence electrons. The summed E-state index contributed by atoms with van der Waals surface area (Å²) < 4.78 is 24.5. The first-order chi connectivity index (χ1) is 13.8. The number of likely N-dealkylation sites (tertiary alicyclic amines) is 1. The molecule has 7 nitrogen and oxygen atoms in total. The highest BCUT2D eigenvalue weighted by atomic mass is 19.1. The Labute approximate surface area is 168 Å². The topological polar surface area (TPSA) is 83.2 Å². The average Bonchev–Trinajstić information content (AvgIpc) is 3.29. The minimum Gasteiger partial charge on any atom is -0.507 e. The Kier molecular flexibility index (Phi) is 6.03. The van der Waals surface area contributed by atoms with Crippen LogP contribution in [0.4, 0.5) is 4.39 Å². The SMILES string of the molecule is COc1ccc(F)cc1C(O)=C1C(=O)C(=O)N(CCCN(C)C)[C@@H]1c1ccco1. The molecule has 0 aliphatic carbocycles. The molecule has 1 aromatic carbocycles. The number of rotatable bonds is 7. The van der Waals surface area contributed by atoms with E-state index in [1.807, 2.05) is 19.0 Å². The maximum absolute atomic E-state index is 13.8. The van der Waals surface area contributed by atoms with Crippen molar-refractivity contribution in [1.82, 2.24) is 9.80 Å². The average molecular weight is 402 g/mol. The van der Waals surface area contributed by atoms with Gasteiger partial charge in [0.05, 0.1) is 24.5 Å². The minimum atomic E-state index is -0.903. The highest BCUT2D eigenvalue weighted by Gasteiger charge is 2.47. The van der Waals surface area contributed by atoms with E-state index in [9.17, 15) is 19.1 Å². The lowest BCUT2D eigenvalue weighted by atomic mass is 9.98. The van der Waals surface area contributed by atoms with Gasteiger partial charge in [-0.2, -0.15) is 0 Å². The number of methoxy groups -OCH3 is 1. The van der Waals surface area contributed by atoms with Crippen LogP contribution in [-0.2, 0) is 9.59 Å². The van der Waals surface area contributed by atoms with Crippen LogP contribution in [0.15, 0.2) is 46.6 Å². The molecule has 1 atom stereocenters. The molecule has 1 fully saturated rings. The van der Waals surface area contributed by atoms with E-state index >= 15 is 0 Å². The molecule has 29 heavy (non-hydrogen) atoms. The first-order valence-corrected chi connectivity index (χ1v) is 9.15. The van der Waals surface area contributed by atoms with E-state index < -0.39 is 29.3 Å². The number of aliphatic hydroxyl groups is 1. The van der Waals surface area contributed by atoms with E-state index in [0.717, 1.165) is 6.07 Å². The number of aliphatic hydroxyl groups excluding tert-OH is 1. The van der Waals surface area contributed by atoms with Gasteiger partial charge in [-0.3, -0.25) is 9.59 Å². The summed E-state index contributed by atoms with van der Waals surface area (Å²) in [6, 6.07) is 5.95. The van der Waals surface area contributed by atoms with E-state index in [1.165, 1.54) is 30.4 Å². The van der Waals surface area contributed by atoms with Crippen LogP contribution in [0.25, 0.3) is 5.76 Å². The van der Waals surface area contributed by atoms with Crippen molar-refractivity contribution in [2.24, 2.45) is 0 Å². The summed E-state index contributed by atoms with van der Waals surface area (Å²) >= 11 is 0. The van der Waals surface area contributed by atoms with Gasteiger partial charge in [0, 0.05) is 6.54 Å². The summed E-state index contributed by atoms with van der Waals surface area (Å²) in [7, 11) is 5.19. The van der Waals surface area contributed by atoms with Gasteiger partial charge in [0.15, 0.2) is 0 Å². The number of hydrogen-bond acceptors (Lipinski definition) is 6. The molecule has 2 heterocycles. The monoisotopic (exact) mass is 402 g/mol. The predicted molar refractivity (Wildman–Crippen MR) is 104 cm³/mol. The summed E-state index contributed by atoms with van der Waals surface area (Å²) in [5, 5.41) is 10.9. The number of halogens is 1. The van der Waals surface area contributed by atoms with E-state index in [-0.39, 0.29) is 16.9 Å². The van der Waals surface area contributed by atoms with Crippen molar-refractivity contribution in [2.75, 3.05) is 34.3 Å². The third-order valence-corrected chi connectivity index (χ3v) is 4.77. The van der Waals surface area contributed by atoms with Crippen molar-refractivity contribution in [3.8, 4) is 5.75 Å². The van der Waals surface area contributed by atoms with Crippen molar-refractivity contribution >= 4 is 17.4 Å². The van der Waals surface area contributed by atoms with Gasteiger partial charge < -0.3 is 24.1 Å². The number of furan rings is 1. The van der Waals surface area contributed by atoms with E-state index in [1.54, 1.807) is 12.1 Å². The number of carbonyl (C=O) groups is 2. The van der Waals surface area contributed by atoms with E-state index in [4.69, 9.17) is 9.15 Å². The highest BCUT2D eigenvalue weighted by molar-refractivity contribution is 6.46. The van der Waals surface area contributed by atoms with Gasteiger partial charge in [0.25, 0.3) is 11.7 Å². The number of hydrogen-bond donors (Lipinski definition) is 1. The van der Waals surface area contributed by atoms with Gasteiger partial charge in [-0.1, -0.05) is 0 Å². The second-order valence-corrected chi connectivity index (χ2v) is 7.01. The number of amides is 1. The van der Waals surface area contributed by atoms with Crippen molar-refractivity contribution in [1.29, 1.82) is 0 Å². The van der Waals surface area contributed by atoms with Gasteiger partial charge in [0.1, 0.15) is 29.1 Å². The first-order valence-electron chi connectivity index (χ1n) is 9.15. The van der Waals surface area contributed by atoms with Gasteiger partial charge in [-0.05, 0) is 57.4 Å². The van der Waals surface area contributed by atoms with Crippen LogP contribution in [0.5, 0.6) is 5.75 Å². The lowest BCUT2D eigenvalue weighted by Crippen LogP contribution is -2.32. The molecule has 1 N–H and O–H groups in total. The predicted octanol–water partition coefficient (Wildman–Crippen LogP) is 2.80. The molecule has 1 aromatic heterocycles. The van der Waals surface area contributed by atoms with Crippen LogP contribution >= 0.6 is 0 Å². The van der Waals surface area contributed by atoms with Crippen LogP contribution in [0.3, 0.4) is 0 Å². The lowest BCUT2D eigenvalue weighted by Gasteiger charge is -2.24. The maximum atomic E-state index is 13.8. The fourth-order valence-corrected chi connectivity index (χ4v) is 3.42. The summed E-state index contributed by atoms with van der Waals surface area (Å²) in [6.07, 6.45) is 2.05. The number of ketones is 1. The Bertz CT molecular complexity index is 937. The van der Waals surface area contributed by atoms with E-state index in [0.29, 0.717) is 25.3 Å². The molecule has 3 rings (SSSR count). The van der Waals surface area contributed by atoms with E-state index in [2.05, 4.69) is 0 Å². The molecule has 1 aliphatic rings. The second-order valence-electron chi connectivity index (χ2n) is 7.01. The van der Waals surface area contributed by atoms with Crippen LogP contribution in [0.2, 0.25) is 0 Å². The van der Waals surface area contributed by atoms with Crippen molar-refractivity contribution in [3.05, 3.63) is 59.3 Å². The summed E-state index contributed by atoms with van der Waals surface area (Å²) in [5.41, 5.74) is -0.158. The Balaban J connectivity index is 2.10. The molecule has 1 amide bonds. The Morgan fingerprint density at radius 3 is 2.69 bits per heavy atom. The molecular weight excluding hydrogens is 379 g/mol. The minimum absolute atomic E-state index is 0.00431. The van der Waals surface area contributed by atoms with Crippen molar-refractivity contribution in [3.63, 3.8) is 0 Å². The normalized spacial score (nSPS) is 18.7. The highest BCUT2D eigenvalue weighted by Crippen LogP contribution is 2.41. The molecule has 0 unspecified atom stereocenters. The Hall–Kier alpha value is -3.13. The van der Waals surface area contributed by atoms with Crippen LogP contribution in [0.1, 0.15) is 23.8 Å². The van der Waals surface area contributed by atoms with Gasteiger partial charge in [-0.25, -0.2) is 4.39 Å². The van der Waals surface area contributed by atoms with Gasteiger partial charge in [0.2, 0.25) is 0 Å². The molecule has 0 radical (unpaired) electrons. The Morgan fingerprint density at radius 1 is 1.31 bits per heavy atom. The molecular formula is C21H23FN2O5. The zero-order valence-corrected chi connectivity index (χ0v) is 16.5. The van der Waals surface area contributed by atoms with Crippen LogP contribution < -0.4 is 4.74 Å². The zero-order valence-electron chi connectivity index (χ0n) is 16.5. The van der Waals surface area contributed by atoms with Crippen molar-refractivity contribution in [2.45, 2.75) is 12.5 Å². The number of benzene rings is 1. The molecule has 8 heteroatoms. The molecule has 1 saturated heterocycles. The van der Waals surface area contributed by atoms with Crippen LogP contribution in [-0.4, -0.2) is 60.9 Å². The molecule has 0 spiro atoms. The fraction of sp³-hybridized carbons (Fsp3) is 0.333. The summed E-state index contributed by atoms with van der Waals surface area (Å²) in [4.78, 5) is 28.9. The molecule has 2 aromatic rings. The quantitative estimate of drug-likeness (QED) is 0.436. The number of nitrogens with zero attached hydrogens (tertiary/aromatic N) is 2. The summed E-state index contributed by atoms with van der Waals surface area (Å²) in [5.74, 6) is -2.17. The van der Waals surface area contributed by atoms with Gasteiger partial charge >= 0.3 is 0 Å². The van der Waals surface area contributed by atoms with Crippen LogP contribution in [0, 0.1) is 5.82 Å². The Morgan fingerprint density at radius 2 is 2.07 bits per heavy atom. The lowest BCUT2D eigenvalue weighted by molar-refractivity contribution is -0.140. The smallest absolute Gasteiger partial charge is 0.295 e. The third-order valence-electron chi connectivity index (χ3n) is 4.77. The molecule has 0 bridgehead atoms.